The Morgan fingerprint density at radius 3 is 2.76 bits per heavy atom. The molecule has 1 amide bonds. The molecule has 29 heavy (non-hydrogen) atoms. The van der Waals surface area contributed by atoms with E-state index in [4.69, 9.17) is 21.4 Å². The van der Waals surface area contributed by atoms with Gasteiger partial charge in [0.2, 0.25) is 5.91 Å². The van der Waals surface area contributed by atoms with Crippen LogP contribution >= 0.6 is 12.2 Å². The highest BCUT2D eigenvalue weighted by Gasteiger charge is 2.16. The molecular formula is C18H16N4O6S. The zero-order chi connectivity index (χ0) is 21.0. The molecule has 0 bridgehead atoms. The van der Waals surface area contributed by atoms with Crippen LogP contribution in [0.3, 0.4) is 0 Å². The third-order valence-electron chi connectivity index (χ3n) is 3.78. The molecule has 0 atom stereocenters. The van der Waals surface area contributed by atoms with E-state index in [9.17, 15) is 20.0 Å². The van der Waals surface area contributed by atoms with E-state index in [0.717, 1.165) is 17.7 Å². The second-order valence-electron chi connectivity index (χ2n) is 6.03. The van der Waals surface area contributed by atoms with Gasteiger partial charge in [0, 0.05) is 11.8 Å². The highest BCUT2D eigenvalue weighted by molar-refractivity contribution is 7.71. The maximum atomic E-state index is 12.2. The van der Waals surface area contributed by atoms with E-state index in [-0.39, 0.29) is 29.6 Å². The Morgan fingerprint density at radius 1 is 1.34 bits per heavy atom. The first-order valence-electron chi connectivity index (χ1n) is 8.35. The lowest BCUT2D eigenvalue weighted by atomic mass is 10.2. The number of hydrogen-bond acceptors (Lipinski definition) is 8. The summed E-state index contributed by atoms with van der Waals surface area (Å²) in [6.45, 7) is 1.73. The van der Waals surface area contributed by atoms with Gasteiger partial charge < -0.3 is 19.6 Å². The van der Waals surface area contributed by atoms with Crippen molar-refractivity contribution in [3.63, 3.8) is 0 Å². The number of nitrogens with zero attached hydrogens (tertiary/aromatic N) is 3. The van der Waals surface area contributed by atoms with Crippen molar-refractivity contribution in [3.8, 4) is 11.5 Å². The van der Waals surface area contributed by atoms with Crippen LogP contribution in [0.25, 0.3) is 0 Å². The number of phenols is 1. The summed E-state index contributed by atoms with van der Waals surface area (Å²) in [5.41, 5.74) is 0.734. The van der Waals surface area contributed by atoms with Crippen LogP contribution in [0.2, 0.25) is 0 Å². The van der Waals surface area contributed by atoms with Gasteiger partial charge in [-0.05, 0) is 43.4 Å². The van der Waals surface area contributed by atoms with E-state index in [2.05, 4.69) is 10.4 Å². The third kappa shape index (κ3) is 5.17. The fourth-order valence-electron chi connectivity index (χ4n) is 2.37. The van der Waals surface area contributed by atoms with Crippen molar-refractivity contribution in [1.82, 2.24) is 9.78 Å². The Hall–Kier alpha value is -3.73. The molecule has 0 radical (unpaired) electrons. The number of phenolic OH excluding ortho intramolecular Hbond substituents is 1. The van der Waals surface area contributed by atoms with E-state index in [1.165, 1.54) is 10.7 Å². The Balaban J connectivity index is 1.62. The van der Waals surface area contributed by atoms with Crippen LogP contribution < -0.4 is 10.1 Å². The monoisotopic (exact) mass is 416 g/mol. The molecule has 3 rings (SSSR count). The molecule has 0 fully saturated rings. The van der Waals surface area contributed by atoms with Crippen LogP contribution in [-0.2, 0) is 17.9 Å². The Labute approximate surface area is 169 Å². The molecule has 3 aromatic rings. The lowest BCUT2D eigenvalue weighted by molar-refractivity contribution is -0.385. The van der Waals surface area contributed by atoms with Crippen LogP contribution in [0.1, 0.15) is 11.5 Å². The van der Waals surface area contributed by atoms with Crippen LogP contribution in [-0.4, -0.2) is 25.7 Å². The number of carbonyl (C=O) groups is 1. The summed E-state index contributed by atoms with van der Waals surface area (Å²) >= 11 is 5.05. The zero-order valence-electron chi connectivity index (χ0n) is 15.2. The standard InChI is InChI=1S/C18H16N4O6S/c1-11-2-5-13(6-3-11)27-10-17-20-21(18(29)28-17)9-16(24)19-12-4-7-15(23)14(8-12)22(25)26/h2-8,23H,9-10H2,1H3,(H,19,24). The molecule has 1 heterocycles. The normalized spacial score (nSPS) is 10.5. The quantitative estimate of drug-likeness (QED) is 0.259. The maximum absolute atomic E-state index is 12.2. The number of aryl methyl sites for hydroxylation is 1. The van der Waals surface area contributed by atoms with Gasteiger partial charge in [-0.15, -0.1) is 5.10 Å². The van der Waals surface area contributed by atoms with Crippen molar-refractivity contribution in [2.75, 3.05) is 5.32 Å². The Bertz CT molecular complexity index is 1110. The van der Waals surface area contributed by atoms with Gasteiger partial charge in [-0.2, -0.15) is 0 Å². The largest absolute Gasteiger partial charge is 0.502 e. The molecular weight excluding hydrogens is 400 g/mol. The van der Waals surface area contributed by atoms with Crippen molar-refractivity contribution >= 4 is 29.5 Å². The minimum absolute atomic E-state index is 0.0145. The molecule has 10 nitrogen and oxygen atoms in total. The van der Waals surface area contributed by atoms with E-state index in [1.54, 1.807) is 0 Å². The Morgan fingerprint density at radius 2 is 2.07 bits per heavy atom. The minimum atomic E-state index is -0.751. The number of ether oxygens (including phenoxy) is 1. The molecule has 0 unspecified atom stereocenters. The summed E-state index contributed by atoms with van der Waals surface area (Å²) in [5, 5.41) is 26.9. The van der Waals surface area contributed by atoms with Crippen molar-refractivity contribution < 1.29 is 24.0 Å². The topological polar surface area (TPSA) is 133 Å². The lowest BCUT2D eigenvalue weighted by Crippen LogP contribution is -2.19. The van der Waals surface area contributed by atoms with Gasteiger partial charge in [-0.3, -0.25) is 14.9 Å². The molecule has 2 aromatic carbocycles. The average molecular weight is 416 g/mol. The number of amides is 1. The fraction of sp³-hybridized carbons (Fsp3) is 0.167. The SMILES string of the molecule is Cc1ccc(OCc2nn(CC(=O)Nc3ccc(O)c([N+](=O)[O-])c3)c(=S)o2)cc1. The number of nitrogens with one attached hydrogen (secondary N) is 1. The molecule has 0 aliphatic rings. The van der Waals surface area contributed by atoms with E-state index in [0.29, 0.717) is 5.75 Å². The first-order chi connectivity index (χ1) is 13.8. The molecule has 11 heteroatoms. The second kappa shape index (κ2) is 8.52. The zero-order valence-corrected chi connectivity index (χ0v) is 16.0. The van der Waals surface area contributed by atoms with E-state index in [1.807, 2.05) is 31.2 Å². The lowest BCUT2D eigenvalue weighted by Gasteiger charge is -2.05. The van der Waals surface area contributed by atoms with Crippen LogP contribution in [0.15, 0.2) is 46.9 Å². The number of aromatic nitrogens is 2. The van der Waals surface area contributed by atoms with Crippen LogP contribution in [0.4, 0.5) is 11.4 Å². The molecule has 0 saturated carbocycles. The summed E-state index contributed by atoms with van der Waals surface area (Å²) in [5.74, 6) is -0.188. The predicted molar refractivity (Wildman–Crippen MR) is 104 cm³/mol. The van der Waals surface area contributed by atoms with Crippen molar-refractivity contribution in [2.24, 2.45) is 0 Å². The predicted octanol–water partition coefficient (Wildman–Crippen LogP) is 3.35. The van der Waals surface area contributed by atoms with Crippen molar-refractivity contribution in [1.29, 1.82) is 0 Å². The highest BCUT2D eigenvalue weighted by Crippen LogP contribution is 2.28. The molecule has 0 aliphatic heterocycles. The molecule has 0 aliphatic carbocycles. The maximum Gasteiger partial charge on any atom is 0.312 e. The molecule has 2 N–H and O–H groups in total. The molecule has 150 valence electrons. The number of carbonyl (C=O) groups excluding carboxylic acids is 1. The molecule has 0 saturated heterocycles. The number of nitro benzene ring substituents is 1. The first-order valence-corrected chi connectivity index (χ1v) is 8.76. The van der Waals surface area contributed by atoms with Gasteiger partial charge in [0.05, 0.1) is 4.92 Å². The van der Waals surface area contributed by atoms with Gasteiger partial charge in [-0.1, -0.05) is 17.7 Å². The van der Waals surface area contributed by atoms with Crippen LogP contribution in [0, 0.1) is 21.9 Å². The summed E-state index contributed by atoms with van der Waals surface area (Å²) in [7, 11) is 0. The molecule has 1 aromatic heterocycles. The number of hydrogen-bond donors (Lipinski definition) is 2. The second-order valence-corrected chi connectivity index (χ2v) is 6.38. The summed E-state index contributed by atoms with van der Waals surface area (Å²) in [4.78, 5) is 22.3. The fourth-order valence-corrected chi connectivity index (χ4v) is 2.57. The van der Waals surface area contributed by atoms with Gasteiger partial charge in [0.25, 0.3) is 10.7 Å². The summed E-state index contributed by atoms with van der Waals surface area (Å²) in [6.07, 6.45) is 0. The Kier molecular flexibility index (Phi) is 5.88. The van der Waals surface area contributed by atoms with Crippen molar-refractivity contribution in [3.05, 3.63) is 68.9 Å². The van der Waals surface area contributed by atoms with E-state index >= 15 is 0 Å². The van der Waals surface area contributed by atoms with Crippen molar-refractivity contribution in [2.45, 2.75) is 20.1 Å². The smallest absolute Gasteiger partial charge is 0.312 e. The van der Waals surface area contributed by atoms with Gasteiger partial charge >= 0.3 is 5.69 Å². The third-order valence-corrected chi connectivity index (χ3v) is 4.07. The van der Waals surface area contributed by atoms with E-state index < -0.39 is 22.3 Å². The number of nitro groups is 1. The first kappa shape index (κ1) is 20.0. The van der Waals surface area contributed by atoms with Gasteiger partial charge in [0.15, 0.2) is 12.4 Å². The number of rotatable bonds is 7. The number of aromatic hydroxyl groups is 1. The number of benzene rings is 2. The van der Waals surface area contributed by atoms with Gasteiger partial charge in [0.1, 0.15) is 12.3 Å². The number of anilines is 1. The summed E-state index contributed by atoms with van der Waals surface area (Å²) < 4.78 is 12.0. The highest BCUT2D eigenvalue weighted by atomic mass is 32.1. The van der Waals surface area contributed by atoms with Crippen LogP contribution in [0.5, 0.6) is 11.5 Å². The van der Waals surface area contributed by atoms with Gasteiger partial charge in [-0.25, -0.2) is 4.68 Å². The minimum Gasteiger partial charge on any atom is -0.502 e. The average Bonchev–Trinajstić information content (AvgIpc) is 3.02. The molecule has 0 spiro atoms. The summed E-state index contributed by atoms with van der Waals surface area (Å²) in [6, 6.07) is 10.9.